The summed E-state index contributed by atoms with van der Waals surface area (Å²) in [5.41, 5.74) is 5.33. The molecule has 0 saturated heterocycles. The van der Waals surface area contributed by atoms with Crippen molar-refractivity contribution in [3.63, 3.8) is 0 Å². The summed E-state index contributed by atoms with van der Waals surface area (Å²) in [4.78, 5) is 0. The Labute approximate surface area is 272 Å². The molecule has 0 aliphatic heterocycles. The second-order valence-corrected chi connectivity index (χ2v) is 9.00. The molecule has 0 atom stereocenters. The lowest BCUT2D eigenvalue weighted by molar-refractivity contribution is 1.50. The van der Waals surface area contributed by atoms with Crippen molar-refractivity contribution < 1.29 is 0 Å². The van der Waals surface area contributed by atoms with E-state index in [4.69, 9.17) is 0 Å². The average molecular weight is 593 g/mol. The van der Waals surface area contributed by atoms with E-state index in [1.807, 2.05) is 83.1 Å². The van der Waals surface area contributed by atoms with Crippen LogP contribution in [0.3, 0.4) is 0 Å². The van der Waals surface area contributed by atoms with E-state index in [1.54, 1.807) is 0 Å². The maximum absolute atomic E-state index is 2.30. The fourth-order valence-corrected chi connectivity index (χ4v) is 4.60. The highest BCUT2D eigenvalue weighted by atomic mass is 14.1. The molecule has 0 amide bonds. The van der Waals surface area contributed by atoms with Crippen molar-refractivity contribution in [2.45, 2.75) is 111 Å². The molecule has 240 valence electrons. The molecule has 0 fully saturated rings. The molecular weight excluding hydrogens is 528 g/mol. The van der Waals surface area contributed by atoms with Crippen molar-refractivity contribution in [3.8, 4) is 0 Å². The second kappa shape index (κ2) is 24.8. The average Bonchev–Trinajstić information content (AvgIpc) is 3.09. The molecule has 0 unspecified atom stereocenters. The van der Waals surface area contributed by atoms with Gasteiger partial charge in [-0.2, -0.15) is 0 Å². The number of fused-ring (bicyclic) bond motifs is 4. The van der Waals surface area contributed by atoms with Crippen LogP contribution in [0.4, 0.5) is 0 Å². The lowest BCUT2D eigenvalue weighted by Crippen LogP contribution is -1.82. The van der Waals surface area contributed by atoms with Gasteiger partial charge in [0, 0.05) is 0 Å². The van der Waals surface area contributed by atoms with Crippen LogP contribution in [0, 0.1) is 27.7 Å². The Morgan fingerprint density at radius 3 is 0.932 bits per heavy atom. The maximum Gasteiger partial charge on any atom is -0.0148 e. The summed E-state index contributed by atoms with van der Waals surface area (Å²) in [5, 5.41) is 10.7. The maximum atomic E-state index is 2.30. The predicted molar refractivity (Wildman–Crippen MR) is 210 cm³/mol. The van der Waals surface area contributed by atoms with Crippen LogP contribution in [-0.2, 0) is 0 Å². The fourth-order valence-electron chi connectivity index (χ4n) is 4.60. The Morgan fingerprint density at radius 1 is 0.273 bits per heavy atom. The van der Waals surface area contributed by atoms with Gasteiger partial charge in [0.25, 0.3) is 0 Å². The normalized spacial score (nSPS) is 8.91. The Kier molecular flexibility index (Phi) is 23.9. The first-order chi connectivity index (χ1) is 21.5. The number of benzene rings is 6. The van der Waals surface area contributed by atoms with Crippen molar-refractivity contribution >= 4 is 43.1 Å². The minimum absolute atomic E-state index is 1.32. The van der Waals surface area contributed by atoms with E-state index in [0.717, 1.165) is 0 Å². The topological polar surface area (TPSA) is 0 Å². The van der Waals surface area contributed by atoms with Gasteiger partial charge in [0.2, 0.25) is 0 Å². The van der Waals surface area contributed by atoms with Crippen LogP contribution in [0.15, 0.2) is 97.1 Å². The van der Waals surface area contributed by atoms with Crippen molar-refractivity contribution in [2.24, 2.45) is 0 Å². The van der Waals surface area contributed by atoms with Gasteiger partial charge in [0.15, 0.2) is 0 Å². The Hall–Kier alpha value is -3.64. The van der Waals surface area contributed by atoms with Gasteiger partial charge in [-0.15, -0.1) is 0 Å². The van der Waals surface area contributed by atoms with Gasteiger partial charge in [-0.3, -0.25) is 0 Å². The summed E-state index contributed by atoms with van der Waals surface area (Å²) in [6, 6.07) is 35.3. The summed E-state index contributed by atoms with van der Waals surface area (Å²) in [6.07, 6.45) is 0. The van der Waals surface area contributed by atoms with Crippen LogP contribution in [0.1, 0.15) is 105 Å². The first kappa shape index (κ1) is 42.5. The van der Waals surface area contributed by atoms with Crippen LogP contribution in [-0.4, -0.2) is 0 Å². The van der Waals surface area contributed by atoms with E-state index in [2.05, 4.69) is 125 Å². The van der Waals surface area contributed by atoms with E-state index in [1.165, 1.54) is 65.3 Å². The molecule has 0 radical (unpaired) electrons. The van der Waals surface area contributed by atoms with Crippen molar-refractivity contribution in [1.82, 2.24) is 0 Å². The van der Waals surface area contributed by atoms with E-state index in [0.29, 0.717) is 0 Å². The molecule has 6 aromatic rings. The molecule has 0 heterocycles. The molecule has 0 heteroatoms. The second-order valence-electron chi connectivity index (χ2n) is 9.00. The van der Waals surface area contributed by atoms with Gasteiger partial charge in [-0.05, 0) is 106 Å². The third-order valence-corrected chi connectivity index (χ3v) is 6.42. The molecule has 0 nitrogen and oxygen atoms in total. The predicted octanol–water partition coefficient (Wildman–Crippen LogP) is 15.4. The molecule has 0 bridgehead atoms. The van der Waals surface area contributed by atoms with Gasteiger partial charge in [0.1, 0.15) is 0 Å². The lowest BCUT2D eigenvalue weighted by atomic mass is 9.98. The fraction of sp³-hybridized carbons (Fsp3) is 0.364. The van der Waals surface area contributed by atoms with Crippen LogP contribution in [0.2, 0.25) is 0 Å². The van der Waals surface area contributed by atoms with Crippen LogP contribution in [0.25, 0.3) is 43.1 Å². The Balaban J connectivity index is 0. The molecule has 44 heavy (non-hydrogen) atoms. The van der Waals surface area contributed by atoms with Crippen LogP contribution in [0.5, 0.6) is 0 Å². The zero-order chi connectivity index (χ0) is 34.2. The van der Waals surface area contributed by atoms with Crippen molar-refractivity contribution in [1.29, 1.82) is 0 Å². The van der Waals surface area contributed by atoms with E-state index in [9.17, 15) is 0 Å². The standard InChI is InChI=1S/2C16H14.6C2H6/c1-11-3-5-13-9-14-6-4-12(2)8-16(14)10-15(13)7-11;1-11-5-3-7-13-10-16-12(2)6-4-8-14(16)9-15(11)13;6*1-2/h2*3-10H,1-2H3;6*1-2H3. The summed E-state index contributed by atoms with van der Waals surface area (Å²) in [7, 11) is 0. The van der Waals surface area contributed by atoms with Crippen molar-refractivity contribution in [2.75, 3.05) is 0 Å². The number of aryl methyl sites for hydroxylation is 4. The summed E-state index contributed by atoms with van der Waals surface area (Å²) in [6.45, 7) is 32.6. The SMILES string of the molecule is CC.CC.CC.CC.CC.CC.Cc1ccc2cc3ccc(C)cc3cc2c1.Cc1cccc2cc3c(C)cccc3cc12. The molecule has 0 aromatic heterocycles. The first-order valence-corrected chi connectivity index (χ1v) is 17.3. The van der Waals surface area contributed by atoms with Gasteiger partial charge in [-0.25, -0.2) is 0 Å². The molecule has 0 N–H and O–H groups in total. The van der Waals surface area contributed by atoms with Gasteiger partial charge in [-0.1, -0.05) is 167 Å². The highest BCUT2D eigenvalue weighted by Gasteiger charge is 2.02. The number of rotatable bonds is 0. The molecule has 6 rings (SSSR count). The molecule has 0 spiro atoms. The van der Waals surface area contributed by atoms with Gasteiger partial charge >= 0.3 is 0 Å². The highest BCUT2D eigenvalue weighted by Crippen LogP contribution is 2.27. The zero-order valence-corrected chi connectivity index (χ0v) is 31.2. The van der Waals surface area contributed by atoms with E-state index in [-0.39, 0.29) is 0 Å². The molecule has 0 aliphatic carbocycles. The first-order valence-electron chi connectivity index (χ1n) is 17.3. The summed E-state index contributed by atoms with van der Waals surface area (Å²) < 4.78 is 0. The van der Waals surface area contributed by atoms with Crippen LogP contribution >= 0.6 is 0 Å². The highest BCUT2D eigenvalue weighted by molar-refractivity contribution is 6.01. The molecule has 6 aromatic carbocycles. The third-order valence-electron chi connectivity index (χ3n) is 6.42. The van der Waals surface area contributed by atoms with Gasteiger partial charge < -0.3 is 0 Å². The smallest absolute Gasteiger partial charge is 0.0148 e. The largest absolute Gasteiger partial charge is 0.0683 e. The summed E-state index contributed by atoms with van der Waals surface area (Å²) >= 11 is 0. The van der Waals surface area contributed by atoms with Crippen LogP contribution < -0.4 is 0 Å². The number of hydrogen-bond donors (Lipinski definition) is 0. The number of hydrogen-bond acceptors (Lipinski definition) is 0. The van der Waals surface area contributed by atoms with E-state index < -0.39 is 0 Å². The van der Waals surface area contributed by atoms with Gasteiger partial charge in [0.05, 0.1) is 0 Å². The Morgan fingerprint density at radius 2 is 0.591 bits per heavy atom. The summed E-state index contributed by atoms with van der Waals surface area (Å²) in [5.74, 6) is 0. The molecule has 0 aliphatic rings. The quantitative estimate of drug-likeness (QED) is 0.154. The Bertz CT molecular complexity index is 1480. The molecular formula is C44H64. The third kappa shape index (κ3) is 12.2. The zero-order valence-electron chi connectivity index (χ0n) is 31.2. The minimum Gasteiger partial charge on any atom is -0.0683 e. The lowest BCUT2D eigenvalue weighted by Gasteiger charge is -2.06. The molecule has 0 saturated carbocycles. The van der Waals surface area contributed by atoms with Crippen molar-refractivity contribution in [3.05, 3.63) is 119 Å². The monoisotopic (exact) mass is 593 g/mol. The van der Waals surface area contributed by atoms with E-state index >= 15 is 0 Å². The minimum atomic E-state index is 1.32.